The minimum Gasteiger partial charge on any atom is -0.361 e. The summed E-state index contributed by atoms with van der Waals surface area (Å²) in [7, 11) is -3.91. The van der Waals surface area contributed by atoms with Crippen molar-refractivity contribution in [2.24, 2.45) is 0 Å². The predicted octanol–water partition coefficient (Wildman–Crippen LogP) is 4.82. The summed E-state index contributed by atoms with van der Waals surface area (Å²) in [6.07, 6.45) is 3.74. The summed E-state index contributed by atoms with van der Waals surface area (Å²) in [4.78, 5) is 16.6. The number of rotatable bonds is 9. The minimum absolute atomic E-state index is 0.133. The molecule has 4 rings (SSSR count). The van der Waals surface area contributed by atoms with E-state index in [1.54, 1.807) is 24.3 Å². The Kier molecular flexibility index (Phi) is 7.14. The molecule has 0 saturated carbocycles. The fourth-order valence-corrected chi connectivity index (χ4v) is 5.12. The molecule has 0 saturated heterocycles. The number of amides is 1. The summed E-state index contributed by atoms with van der Waals surface area (Å²) in [6, 6.07) is 21.0. The third-order valence-corrected chi connectivity index (χ3v) is 7.47. The Morgan fingerprint density at radius 1 is 0.882 bits per heavy atom. The molecule has 3 aromatic carbocycles. The maximum atomic E-state index is 13.3. The average Bonchev–Trinajstić information content (AvgIpc) is 3.27. The highest BCUT2D eigenvalue weighted by Gasteiger charge is 2.27. The van der Waals surface area contributed by atoms with E-state index in [1.807, 2.05) is 61.7 Å². The van der Waals surface area contributed by atoms with Gasteiger partial charge in [-0.25, -0.2) is 8.42 Å². The molecule has 1 amide bonds. The molecular weight excluding hydrogens is 446 g/mol. The van der Waals surface area contributed by atoms with E-state index in [9.17, 15) is 13.2 Å². The zero-order valence-electron chi connectivity index (χ0n) is 19.3. The molecule has 0 aliphatic heterocycles. The van der Waals surface area contributed by atoms with Crippen molar-refractivity contribution in [1.29, 1.82) is 0 Å². The number of H-pyrrole nitrogens is 1. The molecule has 1 atom stereocenters. The van der Waals surface area contributed by atoms with Crippen LogP contribution in [0, 0.1) is 0 Å². The maximum absolute atomic E-state index is 13.3. The Morgan fingerprint density at radius 2 is 1.50 bits per heavy atom. The Morgan fingerprint density at radius 3 is 2.15 bits per heavy atom. The molecule has 0 spiro atoms. The summed E-state index contributed by atoms with van der Waals surface area (Å²) in [5.74, 6) is -0.414. The summed E-state index contributed by atoms with van der Waals surface area (Å²) >= 11 is 0. The molecule has 0 bridgehead atoms. The van der Waals surface area contributed by atoms with Gasteiger partial charge in [0, 0.05) is 22.8 Å². The van der Waals surface area contributed by atoms with Gasteiger partial charge in [-0.05, 0) is 66.3 Å². The molecule has 7 heteroatoms. The molecule has 1 aromatic heterocycles. The Bertz CT molecular complexity index is 1370. The SMILES string of the molecule is CCc1ccc(NC(=O)[C@H](Cc2c[nH]c3ccccc23)NS(=O)(=O)c2ccc(CC)cc2)cc1. The number of benzene rings is 3. The number of nitrogens with one attached hydrogen (secondary N) is 3. The van der Waals surface area contributed by atoms with E-state index in [2.05, 4.69) is 21.9 Å². The molecule has 0 aliphatic rings. The van der Waals surface area contributed by atoms with Gasteiger partial charge in [-0.15, -0.1) is 0 Å². The molecule has 1 heterocycles. The predicted molar refractivity (Wildman–Crippen MR) is 136 cm³/mol. The van der Waals surface area contributed by atoms with E-state index in [1.165, 1.54) is 0 Å². The minimum atomic E-state index is -3.91. The van der Waals surface area contributed by atoms with Crippen molar-refractivity contribution in [3.63, 3.8) is 0 Å². The van der Waals surface area contributed by atoms with Crippen LogP contribution in [0.3, 0.4) is 0 Å². The van der Waals surface area contributed by atoms with Crippen LogP contribution in [0.5, 0.6) is 0 Å². The number of aryl methyl sites for hydroxylation is 2. The highest BCUT2D eigenvalue weighted by Crippen LogP contribution is 2.21. The van der Waals surface area contributed by atoms with Gasteiger partial charge in [0.15, 0.2) is 0 Å². The van der Waals surface area contributed by atoms with Crippen molar-refractivity contribution in [3.8, 4) is 0 Å². The van der Waals surface area contributed by atoms with Crippen LogP contribution < -0.4 is 10.0 Å². The first kappa shape index (κ1) is 23.7. The van der Waals surface area contributed by atoms with Crippen LogP contribution in [0.1, 0.15) is 30.5 Å². The van der Waals surface area contributed by atoms with Crippen LogP contribution in [-0.4, -0.2) is 25.4 Å². The Labute approximate surface area is 200 Å². The first-order valence-corrected chi connectivity index (χ1v) is 12.9. The zero-order valence-corrected chi connectivity index (χ0v) is 20.2. The quantitative estimate of drug-likeness (QED) is 0.324. The molecule has 0 aliphatic carbocycles. The molecule has 0 fully saturated rings. The monoisotopic (exact) mass is 475 g/mol. The number of sulfonamides is 1. The van der Waals surface area contributed by atoms with Crippen LogP contribution in [0.25, 0.3) is 10.9 Å². The number of hydrogen-bond donors (Lipinski definition) is 3. The summed E-state index contributed by atoms with van der Waals surface area (Å²) in [5.41, 5.74) is 4.62. The Hall–Kier alpha value is -3.42. The summed E-state index contributed by atoms with van der Waals surface area (Å²) in [6.45, 7) is 4.07. The second-order valence-corrected chi connectivity index (χ2v) is 9.99. The lowest BCUT2D eigenvalue weighted by Gasteiger charge is -2.19. The van der Waals surface area contributed by atoms with Gasteiger partial charge in [0.2, 0.25) is 15.9 Å². The van der Waals surface area contributed by atoms with Crippen LogP contribution in [0.2, 0.25) is 0 Å². The number of anilines is 1. The van der Waals surface area contributed by atoms with E-state index in [4.69, 9.17) is 0 Å². The van der Waals surface area contributed by atoms with Gasteiger partial charge in [-0.3, -0.25) is 4.79 Å². The summed E-state index contributed by atoms with van der Waals surface area (Å²) < 4.78 is 29.0. The van der Waals surface area contributed by atoms with Crippen molar-refractivity contribution >= 4 is 32.5 Å². The van der Waals surface area contributed by atoms with E-state index in [-0.39, 0.29) is 11.3 Å². The van der Waals surface area contributed by atoms with E-state index >= 15 is 0 Å². The third kappa shape index (κ3) is 5.38. The van der Waals surface area contributed by atoms with Gasteiger partial charge in [0.1, 0.15) is 6.04 Å². The number of aromatic nitrogens is 1. The van der Waals surface area contributed by atoms with Gasteiger partial charge < -0.3 is 10.3 Å². The normalized spacial score (nSPS) is 12.5. The highest BCUT2D eigenvalue weighted by molar-refractivity contribution is 7.89. The molecule has 0 radical (unpaired) electrons. The molecule has 4 aromatic rings. The van der Waals surface area contributed by atoms with Gasteiger partial charge in [0.25, 0.3) is 0 Å². The van der Waals surface area contributed by atoms with Crippen molar-refractivity contribution < 1.29 is 13.2 Å². The van der Waals surface area contributed by atoms with E-state index in [0.717, 1.165) is 40.4 Å². The lowest BCUT2D eigenvalue weighted by atomic mass is 10.0. The van der Waals surface area contributed by atoms with Gasteiger partial charge in [0.05, 0.1) is 4.90 Å². The van der Waals surface area contributed by atoms with Crippen molar-refractivity contribution in [3.05, 3.63) is 95.7 Å². The second-order valence-electron chi connectivity index (χ2n) is 8.27. The fraction of sp³-hybridized carbons (Fsp3) is 0.222. The molecule has 0 unspecified atom stereocenters. The van der Waals surface area contributed by atoms with Gasteiger partial charge in [-0.2, -0.15) is 4.72 Å². The smallest absolute Gasteiger partial charge is 0.242 e. The van der Waals surface area contributed by atoms with E-state index in [0.29, 0.717) is 5.69 Å². The zero-order chi connectivity index (χ0) is 24.1. The first-order valence-electron chi connectivity index (χ1n) is 11.5. The lowest BCUT2D eigenvalue weighted by Crippen LogP contribution is -2.45. The average molecular weight is 476 g/mol. The number of carbonyl (C=O) groups is 1. The second kappa shape index (κ2) is 10.2. The third-order valence-electron chi connectivity index (χ3n) is 5.98. The van der Waals surface area contributed by atoms with Crippen molar-refractivity contribution in [2.75, 3.05) is 5.32 Å². The highest BCUT2D eigenvalue weighted by atomic mass is 32.2. The van der Waals surface area contributed by atoms with Crippen LogP contribution >= 0.6 is 0 Å². The first-order chi connectivity index (χ1) is 16.4. The van der Waals surface area contributed by atoms with Crippen LogP contribution in [0.4, 0.5) is 5.69 Å². The van der Waals surface area contributed by atoms with Crippen LogP contribution in [-0.2, 0) is 34.1 Å². The van der Waals surface area contributed by atoms with Gasteiger partial charge >= 0.3 is 0 Å². The number of fused-ring (bicyclic) bond motifs is 1. The number of aromatic amines is 1. The Balaban J connectivity index is 1.62. The largest absolute Gasteiger partial charge is 0.361 e. The topological polar surface area (TPSA) is 91.1 Å². The standard InChI is InChI=1S/C27H29N3O3S/c1-3-19-9-13-22(14-10-19)29-27(31)26(17-21-18-28-25-8-6-5-7-24(21)25)30-34(32,33)23-15-11-20(4-2)12-16-23/h5-16,18,26,28,30H,3-4,17H2,1-2H3,(H,29,31)/t26-/m0/s1. The number of para-hydroxylation sites is 1. The number of carbonyl (C=O) groups excluding carboxylic acids is 1. The molecular formula is C27H29N3O3S. The lowest BCUT2D eigenvalue weighted by molar-refractivity contribution is -0.117. The van der Waals surface area contributed by atoms with Crippen LogP contribution in [0.15, 0.2) is 83.9 Å². The fourth-order valence-electron chi connectivity index (χ4n) is 3.92. The van der Waals surface area contributed by atoms with Gasteiger partial charge in [-0.1, -0.05) is 56.3 Å². The number of hydrogen-bond acceptors (Lipinski definition) is 3. The molecule has 3 N–H and O–H groups in total. The molecule has 6 nitrogen and oxygen atoms in total. The molecule has 176 valence electrons. The van der Waals surface area contributed by atoms with Crippen molar-refractivity contribution in [2.45, 2.75) is 44.0 Å². The van der Waals surface area contributed by atoms with E-state index < -0.39 is 22.0 Å². The summed E-state index contributed by atoms with van der Waals surface area (Å²) in [5, 5.41) is 3.83. The molecule has 34 heavy (non-hydrogen) atoms. The maximum Gasteiger partial charge on any atom is 0.242 e. The van der Waals surface area contributed by atoms with Crippen molar-refractivity contribution in [1.82, 2.24) is 9.71 Å².